The highest BCUT2D eigenvalue weighted by molar-refractivity contribution is 5.95. The maximum atomic E-state index is 12.1. The van der Waals surface area contributed by atoms with Gasteiger partial charge in [0.15, 0.2) is 0 Å². The van der Waals surface area contributed by atoms with Crippen LogP contribution in [-0.4, -0.2) is 17.0 Å². The summed E-state index contributed by atoms with van der Waals surface area (Å²) >= 11 is 0. The van der Waals surface area contributed by atoms with E-state index in [1.165, 1.54) is 41.3 Å². The summed E-state index contributed by atoms with van der Waals surface area (Å²) in [5.74, 6) is 0.275. The Morgan fingerprint density at radius 3 is 2.38 bits per heavy atom. The first kappa shape index (κ1) is 20.7. The Bertz CT molecular complexity index is 1280. The van der Waals surface area contributed by atoms with Crippen molar-refractivity contribution in [3.05, 3.63) is 118 Å². The summed E-state index contributed by atoms with van der Waals surface area (Å²) in [4.78, 5) is 22.2. The van der Waals surface area contributed by atoms with Crippen molar-refractivity contribution < 1.29 is 14.5 Å². The number of hydrogen-bond donors (Lipinski definition) is 1. The summed E-state index contributed by atoms with van der Waals surface area (Å²) < 4.78 is 5.86. The SMILES string of the molecule is O=C(N/N=C\c1ccc(OCc2ccc3ccccc3c2)cc1)c1ccc([N+](=O)[O-])cc1. The van der Waals surface area contributed by atoms with Crippen molar-refractivity contribution in [1.29, 1.82) is 0 Å². The third-order valence-corrected chi connectivity index (χ3v) is 4.82. The second-order valence-corrected chi connectivity index (χ2v) is 7.04. The van der Waals surface area contributed by atoms with Gasteiger partial charge in [0.05, 0.1) is 11.1 Å². The molecule has 0 fully saturated rings. The van der Waals surface area contributed by atoms with Crippen molar-refractivity contribution in [3.8, 4) is 5.75 Å². The lowest BCUT2D eigenvalue weighted by Crippen LogP contribution is -2.17. The van der Waals surface area contributed by atoms with Crippen molar-refractivity contribution in [2.75, 3.05) is 0 Å². The first-order chi connectivity index (χ1) is 15.6. The zero-order valence-electron chi connectivity index (χ0n) is 17.0. The number of ether oxygens (including phenoxy) is 1. The molecule has 0 spiro atoms. The van der Waals surface area contributed by atoms with Crippen LogP contribution in [-0.2, 0) is 6.61 Å². The van der Waals surface area contributed by atoms with Gasteiger partial charge in [-0.1, -0.05) is 36.4 Å². The Labute approximate surface area is 184 Å². The number of nitro groups is 1. The Balaban J connectivity index is 1.30. The normalized spacial score (nSPS) is 10.9. The lowest BCUT2D eigenvalue weighted by atomic mass is 10.1. The molecule has 0 bridgehead atoms. The van der Waals surface area contributed by atoms with Crippen LogP contribution in [0.5, 0.6) is 5.75 Å². The summed E-state index contributed by atoms with van der Waals surface area (Å²) in [6.45, 7) is 0.462. The molecule has 158 valence electrons. The molecule has 4 aromatic rings. The van der Waals surface area contributed by atoms with Gasteiger partial charge in [-0.3, -0.25) is 14.9 Å². The van der Waals surface area contributed by atoms with E-state index in [0.717, 1.165) is 16.9 Å². The van der Waals surface area contributed by atoms with Crippen LogP contribution in [0.2, 0.25) is 0 Å². The van der Waals surface area contributed by atoms with Crippen LogP contribution >= 0.6 is 0 Å². The number of hydrogen-bond acceptors (Lipinski definition) is 5. The molecule has 0 aromatic heterocycles. The van der Waals surface area contributed by atoms with Gasteiger partial charge in [0, 0.05) is 17.7 Å². The maximum absolute atomic E-state index is 12.1. The molecule has 0 atom stereocenters. The molecule has 0 unspecified atom stereocenters. The highest BCUT2D eigenvalue weighted by Gasteiger charge is 2.08. The molecule has 0 aliphatic carbocycles. The molecule has 0 aliphatic rings. The predicted octanol–water partition coefficient (Wildman–Crippen LogP) is 5.09. The first-order valence-electron chi connectivity index (χ1n) is 9.87. The lowest BCUT2D eigenvalue weighted by Gasteiger charge is -2.07. The number of nitrogens with one attached hydrogen (secondary N) is 1. The van der Waals surface area contributed by atoms with Crippen molar-refractivity contribution in [2.24, 2.45) is 5.10 Å². The summed E-state index contributed by atoms with van der Waals surface area (Å²) in [5.41, 5.74) is 4.48. The lowest BCUT2D eigenvalue weighted by molar-refractivity contribution is -0.384. The van der Waals surface area contributed by atoms with Crippen LogP contribution in [0.3, 0.4) is 0 Å². The maximum Gasteiger partial charge on any atom is 0.271 e. The van der Waals surface area contributed by atoms with Crippen molar-refractivity contribution in [1.82, 2.24) is 5.43 Å². The topological polar surface area (TPSA) is 93.8 Å². The van der Waals surface area contributed by atoms with E-state index in [2.05, 4.69) is 40.9 Å². The van der Waals surface area contributed by atoms with Gasteiger partial charge < -0.3 is 4.74 Å². The van der Waals surface area contributed by atoms with Crippen molar-refractivity contribution in [2.45, 2.75) is 6.61 Å². The molecule has 4 rings (SSSR count). The number of nitrogens with zero attached hydrogens (tertiary/aromatic N) is 2. The van der Waals surface area contributed by atoms with E-state index in [1.54, 1.807) is 0 Å². The number of rotatable bonds is 7. The minimum Gasteiger partial charge on any atom is -0.489 e. The summed E-state index contributed by atoms with van der Waals surface area (Å²) in [6, 6.07) is 27.1. The predicted molar refractivity (Wildman–Crippen MR) is 123 cm³/mol. The van der Waals surface area contributed by atoms with Gasteiger partial charge in [0.25, 0.3) is 11.6 Å². The molecule has 1 amide bonds. The summed E-state index contributed by atoms with van der Waals surface area (Å²) in [7, 11) is 0. The highest BCUT2D eigenvalue weighted by Crippen LogP contribution is 2.18. The van der Waals surface area contributed by atoms with E-state index in [0.29, 0.717) is 6.61 Å². The molecule has 32 heavy (non-hydrogen) atoms. The minimum atomic E-state index is -0.519. The van der Waals surface area contributed by atoms with Crippen LogP contribution in [0.25, 0.3) is 10.8 Å². The Kier molecular flexibility index (Phi) is 6.17. The van der Waals surface area contributed by atoms with Gasteiger partial charge >= 0.3 is 0 Å². The molecule has 0 radical (unpaired) electrons. The Morgan fingerprint density at radius 2 is 1.66 bits per heavy atom. The number of nitro benzene ring substituents is 1. The third kappa shape index (κ3) is 5.14. The minimum absolute atomic E-state index is 0.0759. The number of hydrazone groups is 1. The van der Waals surface area contributed by atoms with E-state index in [4.69, 9.17) is 4.74 Å². The zero-order chi connectivity index (χ0) is 22.3. The third-order valence-electron chi connectivity index (χ3n) is 4.82. The number of benzene rings is 4. The molecule has 7 nitrogen and oxygen atoms in total. The molecule has 0 saturated carbocycles. The van der Waals surface area contributed by atoms with E-state index in [-0.39, 0.29) is 11.3 Å². The smallest absolute Gasteiger partial charge is 0.271 e. The van der Waals surface area contributed by atoms with Gasteiger partial charge in [0.1, 0.15) is 12.4 Å². The van der Waals surface area contributed by atoms with Gasteiger partial charge in [-0.15, -0.1) is 0 Å². The van der Waals surface area contributed by atoms with Crippen molar-refractivity contribution in [3.63, 3.8) is 0 Å². The molecule has 0 saturated heterocycles. The fourth-order valence-electron chi connectivity index (χ4n) is 3.11. The second-order valence-electron chi connectivity index (χ2n) is 7.04. The fraction of sp³-hybridized carbons (Fsp3) is 0.0400. The summed E-state index contributed by atoms with van der Waals surface area (Å²) in [5, 5.41) is 17.0. The van der Waals surface area contributed by atoms with E-state index in [9.17, 15) is 14.9 Å². The van der Waals surface area contributed by atoms with Crippen LogP contribution in [0, 0.1) is 10.1 Å². The van der Waals surface area contributed by atoms with E-state index < -0.39 is 10.8 Å². The van der Waals surface area contributed by atoms with Gasteiger partial charge in [-0.25, -0.2) is 5.43 Å². The number of non-ortho nitro benzene ring substituents is 1. The number of carbonyl (C=O) groups excluding carboxylic acids is 1. The molecular weight excluding hydrogens is 406 g/mol. The number of fused-ring (bicyclic) bond motifs is 1. The zero-order valence-corrected chi connectivity index (χ0v) is 17.0. The highest BCUT2D eigenvalue weighted by atomic mass is 16.6. The quantitative estimate of drug-likeness (QED) is 0.253. The van der Waals surface area contributed by atoms with E-state index >= 15 is 0 Å². The largest absolute Gasteiger partial charge is 0.489 e. The molecule has 7 heteroatoms. The van der Waals surface area contributed by atoms with Gasteiger partial charge in [-0.05, 0) is 64.4 Å². The van der Waals surface area contributed by atoms with Gasteiger partial charge in [0.2, 0.25) is 0 Å². The van der Waals surface area contributed by atoms with E-state index in [1.807, 2.05) is 36.4 Å². The monoisotopic (exact) mass is 425 g/mol. The Hall–Kier alpha value is -4.52. The average Bonchev–Trinajstić information content (AvgIpc) is 2.83. The number of amides is 1. The molecular formula is C25H19N3O4. The van der Waals surface area contributed by atoms with Crippen LogP contribution in [0.1, 0.15) is 21.5 Å². The molecule has 4 aromatic carbocycles. The summed E-state index contributed by atoms with van der Waals surface area (Å²) in [6.07, 6.45) is 1.51. The first-order valence-corrected chi connectivity index (χ1v) is 9.87. The van der Waals surface area contributed by atoms with Crippen LogP contribution in [0.15, 0.2) is 96.1 Å². The standard InChI is InChI=1S/C25H19N3O4/c29-25(21-9-11-23(12-10-21)28(30)31)27-26-16-18-6-13-24(14-7-18)32-17-19-5-8-20-3-1-2-4-22(20)15-19/h1-16H,17H2,(H,27,29)/b26-16-. The second kappa shape index (κ2) is 9.53. The molecule has 0 heterocycles. The molecule has 0 aliphatic heterocycles. The average molecular weight is 425 g/mol. The van der Waals surface area contributed by atoms with Crippen molar-refractivity contribution >= 4 is 28.6 Å². The molecule has 1 N–H and O–H groups in total. The Morgan fingerprint density at radius 1 is 0.938 bits per heavy atom. The van der Waals surface area contributed by atoms with Gasteiger partial charge in [-0.2, -0.15) is 5.10 Å². The van der Waals surface area contributed by atoms with Crippen LogP contribution in [0.4, 0.5) is 5.69 Å². The fourth-order valence-corrected chi connectivity index (χ4v) is 3.11. The van der Waals surface area contributed by atoms with Crippen LogP contribution < -0.4 is 10.2 Å². The number of carbonyl (C=O) groups is 1.